The van der Waals surface area contributed by atoms with Crippen molar-refractivity contribution in [3.8, 4) is 0 Å². The van der Waals surface area contributed by atoms with Crippen LogP contribution < -0.4 is 0 Å². The van der Waals surface area contributed by atoms with E-state index >= 15 is 0 Å². The molecule has 344 valence electrons. The summed E-state index contributed by atoms with van der Waals surface area (Å²) >= 11 is 0. The summed E-state index contributed by atoms with van der Waals surface area (Å²) < 4.78 is 16.8. The van der Waals surface area contributed by atoms with Crippen LogP contribution in [0.4, 0.5) is 0 Å². The van der Waals surface area contributed by atoms with E-state index in [2.05, 4.69) is 41.5 Å². The molecule has 0 heterocycles. The van der Waals surface area contributed by atoms with E-state index in [1.54, 1.807) is 0 Å². The minimum atomic E-state index is -0.763. The standard InChI is InChI=1S/C52H100O6/c1-46(2)38-32-26-20-15-13-11-9-7-8-10-12-14-16-23-29-35-41-50(53)56-44-49(58-52(55)43-37-31-25-19-22-28-34-40-48(5)6)45-57-51(54)42-36-30-24-18-17-21-27-33-39-47(3)4/h46-49H,7-45H2,1-6H3/t49-/m1/s1. The van der Waals surface area contributed by atoms with Gasteiger partial charge in [-0.3, -0.25) is 14.4 Å². The molecule has 0 aliphatic rings. The van der Waals surface area contributed by atoms with Gasteiger partial charge in [-0.2, -0.15) is 0 Å². The molecule has 0 spiro atoms. The fraction of sp³-hybridized carbons (Fsp3) is 0.942. The highest BCUT2D eigenvalue weighted by Gasteiger charge is 2.19. The normalized spacial score (nSPS) is 12.2. The molecule has 0 unspecified atom stereocenters. The molecule has 0 amide bonds. The van der Waals surface area contributed by atoms with E-state index in [1.165, 1.54) is 161 Å². The van der Waals surface area contributed by atoms with Crippen LogP contribution in [-0.2, 0) is 28.6 Å². The second-order valence-corrected chi connectivity index (χ2v) is 19.2. The van der Waals surface area contributed by atoms with Crippen molar-refractivity contribution in [2.75, 3.05) is 13.2 Å². The Bertz CT molecular complexity index is 898. The third-order valence-electron chi connectivity index (χ3n) is 11.6. The molecule has 0 aromatic rings. The summed E-state index contributed by atoms with van der Waals surface area (Å²) in [5.74, 6) is 1.57. The zero-order chi connectivity index (χ0) is 42.7. The SMILES string of the molecule is CC(C)CCCCCCCCCCCCCCCCCCC(=O)OC[C@H](COC(=O)CCCCCCCCCCC(C)C)OC(=O)CCCCCCCCCC(C)C. The fourth-order valence-electron chi connectivity index (χ4n) is 7.76. The molecule has 0 aliphatic heterocycles. The molecule has 0 aromatic heterocycles. The third kappa shape index (κ3) is 45.5. The number of carbonyl (C=O) groups is 3. The van der Waals surface area contributed by atoms with Crippen molar-refractivity contribution in [3.05, 3.63) is 0 Å². The minimum Gasteiger partial charge on any atom is -0.462 e. The highest BCUT2D eigenvalue weighted by atomic mass is 16.6. The highest BCUT2D eigenvalue weighted by Crippen LogP contribution is 2.17. The van der Waals surface area contributed by atoms with E-state index in [4.69, 9.17) is 14.2 Å². The molecule has 6 heteroatoms. The van der Waals surface area contributed by atoms with Gasteiger partial charge in [0, 0.05) is 19.3 Å². The van der Waals surface area contributed by atoms with Crippen LogP contribution in [0.25, 0.3) is 0 Å². The largest absolute Gasteiger partial charge is 0.462 e. The van der Waals surface area contributed by atoms with Gasteiger partial charge in [0.25, 0.3) is 0 Å². The van der Waals surface area contributed by atoms with Crippen molar-refractivity contribution in [2.24, 2.45) is 17.8 Å². The fourth-order valence-corrected chi connectivity index (χ4v) is 7.76. The number of rotatable bonds is 45. The molecule has 0 N–H and O–H groups in total. The Kier molecular flexibility index (Phi) is 42.3. The number of carbonyl (C=O) groups excluding carboxylic acids is 3. The van der Waals surface area contributed by atoms with Gasteiger partial charge in [0.15, 0.2) is 6.10 Å². The predicted molar refractivity (Wildman–Crippen MR) is 247 cm³/mol. The first-order valence-electron chi connectivity index (χ1n) is 25.6. The zero-order valence-electron chi connectivity index (χ0n) is 39.8. The first-order chi connectivity index (χ1) is 28.1. The zero-order valence-corrected chi connectivity index (χ0v) is 39.8. The third-order valence-corrected chi connectivity index (χ3v) is 11.6. The van der Waals surface area contributed by atoms with Crippen molar-refractivity contribution in [1.29, 1.82) is 0 Å². The summed E-state index contributed by atoms with van der Waals surface area (Å²) in [5.41, 5.74) is 0. The average molecular weight is 821 g/mol. The molecule has 0 bridgehead atoms. The number of hydrogen-bond acceptors (Lipinski definition) is 6. The molecule has 0 saturated heterocycles. The topological polar surface area (TPSA) is 78.9 Å². The van der Waals surface area contributed by atoms with Crippen LogP contribution in [0.2, 0.25) is 0 Å². The van der Waals surface area contributed by atoms with Gasteiger partial charge in [-0.1, -0.05) is 241 Å². The summed E-state index contributed by atoms with van der Waals surface area (Å²) in [6.45, 7) is 13.6. The Balaban J connectivity index is 4.22. The number of hydrogen-bond donors (Lipinski definition) is 0. The second kappa shape index (κ2) is 43.5. The summed E-state index contributed by atoms with van der Waals surface area (Å²) in [7, 11) is 0. The van der Waals surface area contributed by atoms with Crippen molar-refractivity contribution in [1.82, 2.24) is 0 Å². The Hall–Kier alpha value is -1.59. The highest BCUT2D eigenvalue weighted by molar-refractivity contribution is 5.71. The van der Waals surface area contributed by atoms with Crippen LogP contribution >= 0.6 is 0 Å². The summed E-state index contributed by atoms with van der Waals surface area (Å²) in [4.78, 5) is 37.8. The van der Waals surface area contributed by atoms with Crippen LogP contribution in [0.1, 0.15) is 279 Å². The average Bonchev–Trinajstić information content (AvgIpc) is 3.18. The molecule has 0 radical (unpaired) electrons. The smallest absolute Gasteiger partial charge is 0.306 e. The molecule has 0 saturated carbocycles. The molecule has 1 atom stereocenters. The number of esters is 3. The molecule has 6 nitrogen and oxygen atoms in total. The minimum absolute atomic E-state index is 0.0656. The maximum absolute atomic E-state index is 12.7. The first kappa shape index (κ1) is 56.4. The maximum atomic E-state index is 12.7. The van der Waals surface area contributed by atoms with Crippen molar-refractivity contribution in [3.63, 3.8) is 0 Å². The molecule has 58 heavy (non-hydrogen) atoms. The summed E-state index contributed by atoms with van der Waals surface area (Å²) in [6.07, 6.45) is 42.5. The van der Waals surface area contributed by atoms with Gasteiger partial charge in [0.2, 0.25) is 0 Å². The Labute approximate surface area is 361 Å². The quantitative estimate of drug-likeness (QED) is 0.0346. The van der Waals surface area contributed by atoms with E-state index in [9.17, 15) is 14.4 Å². The van der Waals surface area contributed by atoms with Crippen LogP contribution in [-0.4, -0.2) is 37.2 Å². The monoisotopic (exact) mass is 821 g/mol. The van der Waals surface area contributed by atoms with Gasteiger partial charge in [-0.15, -0.1) is 0 Å². The lowest BCUT2D eigenvalue weighted by atomic mass is 10.0. The molecule has 0 aromatic carbocycles. The molecule has 0 aliphatic carbocycles. The van der Waals surface area contributed by atoms with Crippen molar-refractivity contribution in [2.45, 2.75) is 285 Å². The number of unbranched alkanes of at least 4 members (excludes halogenated alkanes) is 28. The van der Waals surface area contributed by atoms with E-state index in [1.807, 2.05) is 0 Å². The molecule has 0 rings (SSSR count). The lowest BCUT2D eigenvalue weighted by Crippen LogP contribution is -2.30. The summed E-state index contributed by atoms with van der Waals surface area (Å²) in [5, 5.41) is 0. The van der Waals surface area contributed by atoms with Gasteiger partial charge in [-0.05, 0) is 37.0 Å². The Morgan fingerprint density at radius 3 is 0.741 bits per heavy atom. The van der Waals surface area contributed by atoms with E-state index in [0.717, 1.165) is 75.5 Å². The lowest BCUT2D eigenvalue weighted by Gasteiger charge is -2.18. The van der Waals surface area contributed by atoms with Gasteiger partial charge in [-0.25, -0.2) is 0 Å². The van der Waals surface area contributed by atoms with Gasteiger partial charge >= 0.3 is 17.9 Å². The second-order valence-electron chi connectivity index (χ2n) is 19.2. The van der Waals surface area contributed by atoms with Crippen molar-refractivity contribution >= 4 is 17.9 Å². The van der Waals surface area contributed by atoms with Crippen molar-refractivity contribution < 1.29 is 28.6 Å². The lowest BCUT2D eigenvalue weighted by molar-refractivity contribution is -0.167. The Morgan fingerprint density at radius 1 is 0.293 bits per heavy atom. The van der Waals surface area contributed by atoms with Crippen LogP contribution in [0.5, 0.6) is 0 Å². The van der Waals surface area contributed by atoms with Crippen LogP contribution in [0.15, 0.2) is 0 Å². The van der Waals surface area contributed by atoms with E-state index in [-0.39, 0.29) is 31.1 Å². The van der Waals surface area contributed by atoms with Gasteiger partial charge in [0.1, 0.15) is 13.2 Å². The first-order valence-corrected chi connectivity index (χ1v) is 25.6. The molecular weight excluding hydrogens is 721 g/mol. The van der Waals surface area contributed by atoms with Crippen LogP contribution in [0.3, 0.4) is 0 Å². The molecular formula is C52H100O6. The Morgan fingerprint density at radius 2 is 0.500 bits per heavy atom. The van der Waals surface area contributed by atoms with Crippen LogP contribution in [0, 0.1) is 17.8 Å². The predicted octanol–water partition coefficient (Wildman–Crippen LogP) is 16.4. The van der Waals surface area contributed by atoms with E-state index in [0.29, 0.717) is 19.3 Å². The van der Waals surface area contributed by atoms with Gasteiger partial charge in [0.05, 0.1) is 0 Å². The van der Waals surface area contributed by atoms with Gasteiger partial charge < -0.3 is 14.2 Å². The van der Waals surface area contributed by atoms with E-state index < -0.39 is 6.10 Å². The molecule has 0 fully saturated rings. The number of ether oxygens (including phenoxy) is 3. The summed E-state index contributed by atoms with van der Waals surface area (Å²) in [6, 6.07) is 0. The maximum Gasteiger partial charge on any atom is 0.306 e.